The van der Waals surface area contributed by atoms with Gasteiger partial charge in [0.05, 0.1) is 5.69 Å². The SMILES string of the molecule is Cl.O=C(C1CCN(c2ccccc2Br)C1=O)N1CCNCC1. The number of amides is 2. The molecule has 0 radical (unpaired) electrons. The van der Waals surface area contributed by atoms with Crippen molar-refractivity contribution in [2.75, 3.05) is 37.6 Å². The first kappa shape index (κ1) is 17.2. The average molecular weight is 389 g/mol. The van der Waals surface area contributed by atoms with E-state index in [1.54, 1.807) is 4.90 Å². The fourth-order valence-electron chi connectivity index (χ4n) is 2.92. The van der Waals surface area contributed by atoms with Gasteiger partial charge in [0, 0.05) is 37.2 Å². The molecule has 0 aliphatic carbocycles. The van der Waals surface area contributed by atoms with Crippen molar-refractivity contribution < 1.29 is 9.59 Å². The number of halogens is 2. The van der Waals surface area contributed by atoms with Gasteiger partial charge in [-0.1, -0.05) is 12.1 Å². The zero-order valence-electron chi connectivity index (χ0n) is 12.1. The van der Waals surface area contributed by atoms with Gasteiger partial charge in [-0.25, -0.2) is 0 Å². The Balaban J connectivity index is 0.00000176. The normalized spacial score (nSPS) is 21.7. The van der Waals surface area contributed by atoms with Crippen molar-refractivity contribution in [2.45, 2.75) is 6.42 Å². The first-order valence-electron chi connectivity index (χ1n) is 7.24. The van der Waals surface area contributed by atoms with Crippen LogP contribution in [-0.4, -0.2) is 49.4 Å². The standard InChI is InChI=1S/C15H18BrN3O2.ClH/c16-12-3-1-2-4-13(12)19-8-5-11(15(19)21)14(20)18-9-6-17-7-10-18;/h1-4,11,17H,5-10H2;1H. The van der Waals surface area contributed by atoms with Crippen molar-refractivity contribution in [3.05, 3.63) is 28.7 Å². The Labute approximate surface area is 144 Å². The summed E-state index contributed by atoms with van der Waals surface area (Å²) in [6.07, 6.45) is 0.600. The summed E-state index contributed by atoms with van der Waals surface area (Å²) in [7, 11) is 0. The molecule has 2 heterocycles. The minimum Gasteiger partial charge on any atom is -0.339 e. The van der Waals surface area contributed by atoms with Crippen LogP contribution in [0, 0.1) is 5.92 Å². The zero-order chi connectivity index (χ0) is 14.8. The number of benzene rings is 1. The van der Waals surface area contributed by atoms with E-state index in [9.17, 15) is 9.59 Å². The second kappa shape index (κ2) is 7.44. The highest BCUT2D eigenvalue weighted by molar-refractivity contribution is 9.10. The summed E-state index contributed by atoms with van der Waals surface area (Å²) in [6.45, 7) is 3.60. The van der Waals surface area contributed by atoms with Crippen LogP contribution < -0.4 is 10.2 Å². The molecule has 1 atom stereocenters. The van der Waals surface area contributed by atoms with Crippen LogP contribution in [0.1, 0.15) is 6.42 Å². The minimum absolute atomic E-state index is 0. The number of anilines is 1. The molecule has 0 saturated carbocycles. The Kier molecular flexibility index (Phi) is 5.83. The van der Waals surface area contributed by atoms with Crippen molar-refractivity contribution in [3.8, 4) is 0 Å². The third-order valence-corrected chi connectivity index (χ3v) is 4.75. The van der Waals surface area contributed by atoms with Gasteiger partial charge in [0.1, 0.15) is 5.92 Å². The summed E-state index contributed by atoms with van der Waals surface area (Å²) in [4.78, 5) is 28.6. The highest BCUT2D eigenvalue weighted by atomic mass is 79.9. The number of carbonyl (C=O) groups excluding carboxylic acids is 2. The van der Waals surface area contributed by atoms with Gasteiger partial charge in [-0.15, -0.1) is 12.4 Å². The number of nitrogens with one attached hydrogen (secondary N) is 1. The highest BCUT2D eigenvalue weighted by Gasteiger charge is 2.40. The van der Waals surface area contributed by atoms with Crippen LogP contribution in [0.25, 0.3) is 0 Å². The maximum atomic E-state index is 12.6. The van der Waals surface area contributed by atoms with Gasteiger partial charge >= 0.3 is 0 Å². The van der Waals surface area contributed by atoms with E-state index in [1.807, 2.05) is 29.2 Å². The van der Waals surface area contributed by atoms with Gasteiger partial charge in [-0.2, -0.15) is 0 Å². The topological polar surface area (TPSA) is 52.7 Å². The quantitative estimate of drug-likeness (QED) is 0.784. The Morgan fingerprint density at radius 1 is 1.18 bits per heavy atom. The number of para-hydroxylation sites is 1. The van der Waals surface area contributed by atoms with Crippen LogP contribution in [0.4, 0.5) is 5.69 Å². The lowest BCUT2D eigenvalue weighted by Crippen LogP contribution is -2.49. The van der Waals surface area contributed by atoms with E-state index < -0.39 is 5.92 Å². The van der Waals surface area contributed by atoms with E-state index in [0.717, 1.165) is 23.2 Å². The van der Waals surface area contributed by atoms with E-state index in [4.69, 9.17) is 0 Å². The lowest BCUT2D eigenvalue weighted by molar-refractivity contribution is -0.140. The molecule has 22 heavy (non-hydrogen) atoms. The summed E-state index contributed by atoms with van der Waals surface area (Å²) in [6, 6.07) is 7.63. The van der Waals surface area contributed by atoms with Crippen LogP contribution in [0.5, 0.6) is 0 Å². The second-order valence-corrected chi connectivity index (χ2v) is 6.21. The maximum absolute atomic E-state index is 12.6. The summed E-state index contributed by atoms with van der Waals surface area (Å²) in [5.41, 5.74) is 0.845. The fraction of sp³-hybridized carbons (Fsp3) is 0.467. The molecule has 2 aliphatic heterocycles. The van der Waals surface area contributed by atoms with Crippen LogP contribution in [0.2, 0.25) is 0 Å². The molecule has 2 amide bonds. The monoisotopic (exact) mass is 387 g/mol. The van der Waals surface area contributed by atoms with E-state index in [2.05, 4.69) is 21.2 Å². The number of hydrogen-bond acceptors (Lipinski definition) is 3. The van der Waals surface area contributed by atoms with Gasteiger partial charge in [0.15, 0.2) is 0 Å². The third kappa shape index (κ3) is 3.29. The fourth-order valence-corrected chi connectivity index (χ4v) is 3.42. The second-order valence-electron chi connectivity index (χ2n) is 5.36. The van der Waals surface area contributed by atoms with Crippen molar-refractivity contribution in [2.24, 2.45) is 5.92 Å². The molecule has 1 unspecified atom stereocenters. The minimum atomic E-state index is -0.518. The molecule has 7 heteroatoms. The summed E-state index contributed by atoms with van der Waals surface area (Å²) >= 11 is 3.47. The molecule has 2 saturated heterocycles. The Morgan fingerprint density at radius 2 is 1.86 bits per heavy atom. The third-order valence-electron chi connectivity index (χ3n) is 4.08. The van der Waals surface area contributed by atoms with Gasteiger partial charge < -0.3 is 15.1 Å². The highest BCUT2D eigenvalue weighted by Crippen LogP contribution is 2.32. The molecule has 5 nitrogen and oxygen atoms in total. The van der Waals surface area contributed by atoms with Crippen molar-refractivity contribution in [1.82, 2.24) is 10.2 Å². The van der Waals surface area contributed by atoms with Gasteiger partial charge in [-0.3, -0.25) is 9.59 Å². The van der Waals surface area contributed by atoms with Crippen molar-refractivity contribution in [3.63, 3.8) is 0 Å². The molecule has 1 aromatic carbocycles. The number of nitrogens with zero attached hydrogens (tertiary/aromatic N) is 2. The number of hydrogen-bond donors (Lipinski definition) is 1. The number of carbonyl (C=O) groups is 2. The number of piperazine rings is 1. The van der Waals surface area contributed by atoms with E-state index in [0.29, 0.717) is 26.1 Å². The van der Waals surface area contributed by atoms with E-state index >= 15 is 0 Å². The lowest BCUT2D eigenvalue weighted by atomic mass is 10.1. The molecule has 1 N–H and O–H groups in total. The molecule has 3 rings (SSSR count). The summed E-state index contributed by atoms with van der Waals surface area (Å²) in [5.74, 6) is -0.614. The molecular weight excluding hydrogens is 370 g/mol. The molecule has 0 bridgehead atoms. The van der Waals surface area contributed by atoms with Crippen LogP contribution in [-0.2, 0) is 9.59 Å². The molecule has 2 fully saturated rings. The van der Waals surface area contributed by atoms with Gasteiger partial charge in [-0.05, 0) is 34.5 Å². The molecule has 1 aromatic rings. The van der Waals surface area contributed by atoms with Crippen molar-refractivity contribution >= 4 is 45.8 Å². The van der Waals surface area contributed by atoms with Crippen LogP contribution in [0.3, 0.4) is 0 Å². The molecule has 0 spiro atoms. The van der Waals surface area contributed by atoms with Crippen molar-refractivity contribution in [1.29, 1.82) is 0 Å². The Bertz CT molecular complexity index is 563. The van der Waals surface area contributed by atoms with Gasteiger partial charge in [0.2, 0.25) is 11.8 Å². The number of rotatable bonds is 2. The largest absolute Gasteiger partial charge is 0.339 e. The predicted octanol–water partition coefficient (Wildman–Crippen LogP) is 1.66. The van der Waals surface area contributed by atoms with Crippen LogP contribution >= 0.6 is 28.3 Å². The molecular formula is C15H19BrClN3O2. The Hall–Kier alpha value is -1.11. The van der Waals surface area contributed by atoms with Gasteiger partial charge in [0.25, 0.3) is 0 Å². The summed E-state index contributed by atoms with van der Waals surface area (Å²) in [5, 5.41) is 3.22. The first-order valence-corrected chi connectivity index (χ1v) is 8.03. The maximum Gasteiger partial charge on any atom is 0.239 e. The first-order chi connectivity index (χ1) is 10.2. The predicted molar refractivity (Wildman–Crippen MR) is 91.3 cm³/mol. The lowest BCUT2D eigenvalue weighted by Gasteiger charge is -2.29. The molecule has 0 aromatic heterocycles. The summed E-state index contributed by atoms with van der Waals surface area (Å²) < 4.78 is 0.883. The zero-order valence-corrected chi connectivity index (χ0v) is 14.5. The molecule has 2 aliphatic rings. The van der Waals surface area contributed by atoms with Crippen LogP contribution in [0.15, 0.2) is 28.7 Å². The Morgan fingerprint density at radius 3 is 2.55 bits per heavy atom. The average Bonchev–Trinajstić information content (AvgIpc) is 2.89. The molecule has 120 valence electrons. The smallest absolute Gasteiger partial charge is 0.239 e. The van der Waals surface area contributed by atoms with E-state index in [-0.39, 0.29) is 24.2 Å². The van der Waals surface area contributed by atoms with E-state index in [1.165, 1.54) is 0 Å².